The van der Waals surface area contributed by atoms with Gasteiger partial charge in [-0.1, -0.05) is 0 Å². The van der Waals surface area contributed by atoms with Crippen LogP contribution in [-0.2, 0) is 4.79 Å². The third-order valence-electron chi connectivity index (χ3n) is 3.35. The molecule has 4 heteroatoms. The number of amides is 1. The monoisotopic (exact) mass is 227 g/mol. The van der Waals surface area contributed by atoms with Crippen molar-refractivity contribution in [2.75, 3.05) is 6.54 Å². The summed E-state index contributed by atoms with van der Waals surface area (Å²) in [5, 5.41) is 0. The summed E-state index contributed by atoms with van der Waals surface area (Å²) in [6.45, 7) is 7.83. The van der Waals surface area contributed by atoms with E-state index < -0.39 is 0 Å². The van der Waals surface area contributed by atoms with Gasteiger partial charge in [0.15, 0.2) is 0 Å². The van der Waals surface area contributed by atoms with Gasteiger partial charge in [0.1, 0.15) is 0 Å². The molecule has 0 aliphatic heterocycles. The minimum Gasteiger partial charge on any atom is -0.298 e. The van der Waals surface area contributed by atoms with Crippen molar-refractivity contribution in [1.29, 1.82) is 0 Å². The summed E-state index contributed by atoms with van der Waals surface area (Å²) in [6, 6.07) is 1.01. The van der Waals surface area contributed by atoms with Gasteiger partial charge < -0.3 is 0 Å². The maximum absolute atomic E-state index is 11.1. The lowest BCUT2D eigenvalue weighted by Gasteiger charge is -2.32. The fourth-order valence-electron chi connectivity index (χ4n) is 2.08. The maximum atomic E-state index is 11.1. The van der Waals surface area contributed by atoms with Crippen molar-refractivity contribution in [3.05, 3.63) is 0 Å². The van der Waals surface area contributed by atoms with E-state index in [-0.39, 0.29) is 5.91 Å². The number of hydrazine groups is 1. The van der Waals surface area contributed by atoms with Gasteiger partial charge in [0.05, 0.1) is 0 Å². The molecule has 3 N–H and O–H groups in total. The Morgan fingerprint density at radius 1 is 1.44 bits per heavy atom. The first-order chi connectivity index (χ1) is 7.54. The Kier molecular flexibility index (Phi) is 5.22. The molecule has 0 bridgehead atoms. The molecule has 1 saturated carbocycles. The second-order valence-corrected chi connectivity index (χ2v) is 5.19. The van der Waals surface area contributed by atoms with Gasteiger partial charge in [0.25, 0.3) is 0 Å². The summed E-state index contributed by atoms with van der Waals surface area (Å²) in [4.78, 5) is 13.6. The number of carbonyl (C=O) groups is 1. The van der Waals surface area contributed by atoms with Gasteiger partial charge in [-0.25, -0.2) is 5.84 Å². The van der Waals surface area contributed by atoms with Crippen LogP contribution in [0, 0.1) is 5.92 Å². The fourth-order valence-corrected chi connectivity index (χ4v) is 2.08. The van der Waals surface area contributed by atoms with Crippen LogP contribution in [0.15, 0.2) is 0 Å². The van der Waals surface area contributed by atoms with Gasteiger partial charge in [-0.3, -0.25) is 15.1 Å². The minimum absolute atomic E-state index is 0.0676. The molecule has 94 valence electrons. The number of hydrogen-bond acceptors (Lipinski definition) is 3. The van der Waals surface area contributed by atoms with Crippen LogP contribution < -0.4 is 11.3 Å². The van der Waals surface area contributed by atoms with Crippen molar-refractivity contribution >= 4 is 5.91 Å². The molecule has 1 rings (SSSR count). The Balaban J connectivity index is 2.33. The van der Waals surface area contributed by atoms with Crippen LogP contribution in [0.4, 0.5) is 0 Å². The second kappa shape index (κ2) is 6.21. The molecule has 0 aromatic rings. The third kappa shape index (κ3) is 4.49. The van der Waals surface area contributed by atoms with Gasteiger partial charge in [0, 0.05) is 25.0 Å². The van der Waals surface area contributed by atoms with Crippen LogP contribution in [0.25, 0.3) is 0 Å². The molecule has 0 aromatic carbocycles. The molecule has 1 aliphatic carbocycles. The SMILES string of the molecule is CC(C)N(CC1CC1)C(C)CCC(=O)NN. The largest absolute Gasteiger partial charge is 0.298 e. The summed E-state index contributed by atoms with van der Waals surface area (Å²) >= 11 is 0. The van der Waals surface area contributed by atoms with E-state index in [2.05, 4.69) is 31.1 Å². The highest BCUT2D eigenvalue weighted by Crippen LogP contribution is 2.31. The summed E-state index contributed by atoms with van der Waals surface area (Å²) in [7, 11) is 0. The Labute approximate surface area is 98.5 Å². The molecule has 4 nitrogen and oxygen atoms in total. The van der Waals surface area contributed by atoms with Crippen LogP contribution in [-0.4, -0.2) is 29.4 Å². The van der Waals surface area contributed by atoms with E-state index in [1.807, 2.05) is 0 Å². The van der Waals surface area contributed by atoms with E-state index in [0.29, 0.717) is 18.5 Å². The molecule has 1 atom stereocenters. The molecule has 1 aliphatic rings. The van der Waals surface area contributed by atoms with Crippen LogP contribution in [0.5, 0.6) is 0 Å². The lowest BCUT2D eigenvalue weighted by atomic mass is 10.1. The zero-order chi connectivity index (χ0) is 12.1. The summed E-state index contributed by atoms with van der Waals surface area (Å²) < 4.78 is 0. The quantitative estimate of drug-likeness (QED) is 0.391. The molecule has 1 amide bonds. The van der Waals surface area contributed by atoms with E-state index in [1.165, 1.54) is 19.4 Å². The van der Waals surface area contributed by atoms with Gasteiger partial charge in [-0.15, -0.1) is 0 Å². The predicted octanol–water partition coefficient (Wildman–Crippen LogP) is 1.27. The predicted molar refractivity (Wildman–Crippen MR) is 65.6 cm³/mol. The molecule has 1 unspecified atom stereocenters. The summed E-state index contributed by atoms with van der Waals surface area (Å²) in [5.41, 5.74) is 2.18. The maximum Gasteiger partial charge on any atom is 0.233 e. The third-order valence-corrected chi connectivity index (χ3v) is 3.35. The molecule has 0 spiro atoms. The van der Waals surface area contributed by atoms with E-state index in [1.54, 1.807) is 0 Å². The summed E-state index contributed by atoms with van der Waals surface area (Å²) in [5.74, 6) is 5.90. The average Bonchev–Trinajstić information content (AvgIpc) is 3.05. The van der Waals surface area contributed by atoms with Gasteiger partial charge in [0.2, 0.25) is 5.91 Å². The normalized spacial score (nSPS) is 17.9. The number of carbonyl (C=O) groups excluding carboxylic acids is 1. The molecule has 1 fully saturated rings. The second-order valence-electron chi connectivity index (χ2n) is 5.19. The zero-order valence-electron chi connectivity index (χ0n) is 10.7. The average molecular weight is 227 g/mol. The first kappa shape index (κ1) is 13.5. The Bertz CT molecular complexity index is 226. The molecule has 0 radical (unpaired) electrons. The number of hydrogen-bond donors (Lipinski definition) is 2. The van der Waals surface area contributed by atoms with Crippen LogP contribution in [0.2, 0.25) is 0 Å². The summed E-state index contributed by atoms with van der Waals surface area (Å²) in [6.07, 6.45) is 4.15. The number of rotatable bonds is 7. The van der Waals surface area contributed by atoms with Gasteiger partial charge in [-0.05, 0) is 46.0 Å². The van der Waals surface area contributed by atoms with Crippen molar-refractivity contribution in [3.8, 4) is 0 Å². The number of nitrogens with one attached hydrogen (secondary N) is 1. The highest BCUT2D eigenvalue weighted by Gasteiger charge is 2.27. The highest BCUT2D eigenvalue weighted by molar-refractivity contribution is 5.75. The van der Waals surface area contributed by atoms with Crippen molar-refractivity contribution < 1.29 is 4.79 Å². The first-order valence-electron chi connectivity index (χ1n) is 6.29. The molecule has 0 saturated heterocycles. The van der Waals surface area contributed by atoms with Crippen molar-refractivity contribution in [2.24, 2.45) is 11.8 Å². The molecule has 0 heterocycles. The van der Waals surface area contributed by atoms with Crippen LogP contribution in [0.3, 0.4) is 0 Å². The Morgan fingerprint density at radius 2 is 2.06 bits per heavy atom. The lowest BCUT2D eigenvalue weighted by molar-refractivity contribution is -0.121. The van der Waals surface area contributed by atoms with Crippen molar-refractivity contribution in [1.82, 2.24) is 10.3 Å². The van der Waals surface area contributed by atoms with Gasteiger partial charge in [-0.2, -0.15) is 0 Å². The van der Waals surface area contributed by atoms with Crippen LogP contribution >= 0.6 is 0 Å². The van der Waals surface area contributed by atoms with Gasteiger partial charge >= 0.3 is 0 Å². The number of nitrogens with zero attached hydrogens (tertiary/aromatic N) is 1. The Hall–Kier alpha value is -0.610. The number of nitrogens with two attached hydrogens (primary N) is 1. The van der Waals surface area contributed by atoms with E-state index in [0.717, 1.165) is 12.3 Å². The molecular formula is C12H25N3O. The van der Waals surface area contributed by atoms with Crippen molar-refractivity contribution in [2.45, 2.75) is 58.5 Å². The lowest BCUT2D eigenvalue weighted by Crippen LogP contribution is -2.41. The van der Waals surface area contributed by atoms with E-state index >= 15 is 0 Å². The topological polar surface area (TPSA) is 58.4 Å². The smallest absolute Gasteiger partial charge is 0.233 e. The fraction of sp³-hybridized carbons (Fsp3) is 0.917. The standard InChI is InChI=1S/C12H25N3O/c1-9(2)15(8-11-5-6-11)10(3)4-7-12(16)14-13/h9-11H,4-8,13H2,1-3H3,(H,14,16). The van der Waals surface area contributed by atoms with Crippen LogP contribution in [0.1, 0.15) is 46.5 Å². The highest BCUT2D eigenvalue weighted by atomic mass is 16.2. The van der Waals surface area contributed by atoms with E-state index in [4.69, 9.17) is 5.84 Å². The molecular weight excluding hydrogens is 202 g/mol. The zero-order valence-corrected chi connectivity index (χ0v) is 10.7. The van der Waals surface area contributed by atoms with E-state index in [9.17, 15) is 4.79 Å². The van der Waals surface area contributed by atoms with Crippen molar-refractivity contribution in [3.63, 3.8) is 0 Å². The minimum atomic E-state index is -0.0676. The Morgan fingerprint density at radius 3 is 2.50 bits per heavy atom. The molecule has 16 heavy (non-hydrogen) atoms. The first-order valence-corrected chi connectivity index (χ1v) is 6.29. The molecule has 0 aromatic heterocycles.